The van der Waals surface area contributed by atoms with Crippen LogP contribution in [0.3, 0.4) is 0 Å². The van der Waals surface area contributed by atoms with Crippen molar-refractivity contribution < 1.29 is 14.4 Å². The fourth-order valence-corrected chi connectivity index (χ4v) is 2.38. The quantitative estimate of drug-likeness (QED) is 0.360. The van der Waals surface area contributed by atoms with Crippen molar-refractivity contribution in [3.8, 4) is 0 Å². The lowest BCUT2D eigenvalue weighted by molar-refractivity contribution is -0.136. The number of carbonyl (C=O) groups excluding carboxylic acids is 3. The van der Waals surface area contributed by atoms with Crippen LogP contribution >= 0.6 is 0 Å². The summed E-state index contributed by atoms with van der Waals surface area (Å²) >= 11 is 0. The summed E-state index contributed by atoms with van der Waals surface area (Å²) in [6.45, 7) is 2.02. The Morgan fingerprint density at radius 2 is 1.81 bits per heavy atom. The largest absolute Gasteiger partial charge is 0.330 e. The molecule has 1 aliphatic heterocycles. The lowest BCUT2D eigenvalue weighted by atomic mass is 10.1. The Balaban J connectivity index is 1.67. The van der Waals surface area contributed by atoms with E-state index >= 15 is 0 Å². The van der Waals surface area contributed by atoms with E-state index in [-0.39, 0.29) is 5.57 Å². The number of nitrogens with one attached hydrogen (secondary N) is 2. The van der Waals surface area contributed by atoms with Crippen molar-refractivity contribution in [1.29, 1.82) is 0 Å². The van der Waals surface area contributed by atoms with Crippen LogP contribution in [0.5, 0.6) is 0 Å². The average Bonchev–Trinajstić information content (AvgIpc) is 2.68. The maximum Gasteiger partial charge on any atom is 0.330 e. The van der Waals surface area contributed by atoms with Crippen LogP contribution in [0.25, 0.3) is 6.08 Å². The van der Waals surface area contributed by atoms with Crippen molar-refractivity contribution >= 4 is 35.4 Å². The van der Waals surface area contributed by atoms with E-state index in [1.54, 1.807) is 36.4 Å². The highest BCUT2D eigenvalue weighted by molar-refractivity contribution is 6.39. The first-order valence-electron chi connectivity index (χ1n) is 8.29. The number of amides is 3. The van der Waals surface area contributed by atoms with E-state index in [2.05, 4.69) is 21.3 Å². The number of nitrogens with zero attached hydrogens (tertiary/aromatic N) is 2. The lowest BCUT2D eigenvalue weighted by Crippen LogP contribution is -2.32. The molecular weight excluding hydrogens is 344 g/mol. The average molecular weight is 360 g/mol. The molecule has 2 N–H and O–H groups in total. The molecular formula is C20H16N4O3. The molecule has 1 heterocycles. The van der Waals surface area contributed by atoms with Crippen molar-refractivity contribution in [3.05, 3.63) is 70.2 Å². The molecule has 0 saturated heterocycles. The van der Waals surface area contributed by atoms with Gasteiger partial charge in [-0.15, -0.1) is 5.10 Å². The molecule has 0 saturated carbocycles. The van der Waals surface area contributed by atoms with Crippen molar-refractivity contribution in [2.24, 2.45) is 10.1 Å². The topological polar surface area (TPSA) is 100.0 Å². The van der Waals surface area contributed by atoms with Gasteiger partial charge in [-0.1, -0.05) is 37.3 Å². The number of anilines is 1. The van der Waals surface area contributed by atoms with Crippen molar-refractivity contribution in [1.82, 2.24) is 5.43 Å². The minimum atomic E-state index is -0.969. The molecule has 7 heteroatoms. The lowest BCUT2D eigenvalue weighted by Gasteiger charge is -2.04. The molecule has 3 amide bonds. The fraction of sp³-hybridized carbons (Fsp3) is 0.100. The first-order valence-corrected chi connectivity index (χ1v) is 8.29. The standard InChI is InChI=1S/C20H16N4O3/c1-2-13-7-9-16(10-8-13)22-19(26)20(27)24-21-12-15-11-14-5-3-4-6-17(14)23-18(15)25/h3-11H,2H2,1H3,(H,22,26)(H,24,27). The number of hydrogen-bond donors (Lipinski definition) is 2. The highest BCUT2D eigenvalue weighted by Gasteiger charge is 2.13. The van der Waals surface area contributed by atoms with Crippen molar-refractivity contribution in [2.75, 3.05) is 5.32 Å². The highest BCUT2D eigenvalue weighted by Crippen LogP contribution is 2.09. The van der Waals surface area contributed by atoms with Crippen LogP contribution < -0.4 is 21.3 Å². The molecule has 0 aliphatic carbocycles. The van der Waals surface area contributed by atoms with Crippen LogP contribution in [0.15, 0.2) is 64.2 Å². The second kappa shape index (κ2) is 8.03. The molecule has 27 heavy (non-hydrogen) atoms. The third kappa shape index (κ3) is 4.42. The third-order valence-electron chi connectivity index (χ3n) is 3.85. The Kier molecular flexibility index (Phi) is 5.35. The molecule has 0 fully saturated rings. The number of carbonyl (C=O) groups is 3. The van der Waals surface area contributed by atoms with Gasteiger partial charge in [0.05, 0.1) is 5.36 Å². The summed E-state index contributed by atoms with van der Waals surface area (Å²) < 4.78 is 0. The van der Waals surface area contributed by atoms with Gasteiger partial charge in [-0.25, -0.2) is 10.4 Å². The summed E-state index contributed by atoms with van der Waals surface area (Å²) in [7, 11) is 0. The number of hydrazone groups is 1. The Morgan fingerprint density at radius 3 is 2.56 bits per heavy atom. The fourth-order valence-electron chi connectivity index (χ4n) is 2.38. The van der Waals surface area contributed by atoms with Crippen LogP contribution in [0, 0.1) is 0 Å². The Bertz CT molecular complexity index is 1090. The van der Waals surface area contributed by atoms with Crippen molar-refractivity contribution in [2.45, 2.75) is 13.3 Å². The number of hydrogen-bond acceptors (Lipinski definition) is 4. The van der Waals surface area contributed by atoms with Gasteiger partial charge in [0, 0.05) is 16.8 Å². The first-order chi connectivity index (χ1) is 13.1. The molecule has 0 aromatic heterocycles. The van der Waals surface area contributed by atoms with E-state index in [0.29, 0.717) is 11.0 Å². The zero-order chi connectivity index (χ0) is 19.2. The van der Waals surface area contributed by atoms with Gasteiger partial charge in [0.1, 0.15) is 5.57 Å². The van der Waals surface area contributed by atoms with Crippen LogP contribution in [0.1, 0.15) is 12.5 Å². The van der Waals surface area contributed by atoms with E-state index in [9.17, 15) is 14.4 Å². The number of benzene rings is 2. The van der Waals surface area contributed by atoms with Gasteiger partial charge >= 0.3 is 11.8 Å². The molecule has 1 aliphatic rings. The molecule has 0 spiro atoms. The predicted molar refractivity (Wildman–Crippen MR) is 100 cm³/mol. The Labute approximate surface area is 154 Å². The summed E-state index contributed by atoms with van der Waals surface area (Å²) in [5, 5.41) is 7.32. The zero-order valence-corrected chi connectivity index (χ0v) is 14.5. The minimum absolute atomic E-state index is 0.0876. The van der Waals surface area contributed by atoms with Crippen molar-refractivity contribution in [3.63, 3.8) is 0 Å². The maximum atomic E-state index is 11.9. The summed E-state index contributed by atoms with van der Waals surface area (Å²) in [6.07, 6.45) is 2.44. The maximum absolute atomic E-state index is 11.9. The molecule has 0 unspecified atom stereocenters. The van der Waals surface area contributed by atoms with E-state index in [0.717, 1.165) is 17.2 Å². The van der Waals surface area contributed by atoms with E-state index in [1.807, 2.05) is 30.5 Å². The van der Waals surface area contributed by atoms with E-state index < -0.39 is 17.7 Å². The second-order valence-corrected chi connectivity index (χ2v) is 5.70. The molecule has 0 bridgehead atoms. The summed E-state index contributed by atoms with van der Waals surface area (Å²) in [5.74, 6) is 0.0460. The van der Waals surface area contributed by atoms with Crippen LogP contribution in [-0.4, -0.2) is 23.6 Å². The predicted octanol–water partition coefficient (Wildman–Crippen LogP) is 0.455. The summed E-state index contributed by atoms with van der Waals surface area (Å²) in [5.41, 5.74) is 3.75. The molecule has 0 radical (unpaired) electrons. The second-order valence-electron chi connectivity index (χ2n) is 5.70. The van der Waals surface area contributed by atoms with Crippen LogP contribution in [-0.2, 0) is 20.8 Å². The number of para-hydroxylation sites is 1. The third-order valence-corrected chi connectivity index (χ3v) is 3.85. The van der Waals surface area contributed by atoms with E-state index in [1.165, 1.54) is 0 Å². The smallest absolute Gasteiger partial charge is 0.318 e. The SMILES string of the molecule is CCc1ccc(NC(=O)C(=O)NN=C=C2C=c3ccccc3=NC2=O)cc1. The van der Waals surface area contributed by atoms with E-state index in [4.69, 9.17) is 0 Å². The number of aryl methyl sites for hydroxylation is 1. The van der Waals surface area contributed by atoms with Gasteiger partial charge in [0.25, 0.3) is 5.91 Å². The normalized spacial score (nSPS) is 12.0. The molecule has 7 nitrogen and oxygen atoms in total. The van der Waals surface area contributed by atoms with Crippen LogP contribution in [0.2, 0.25) is 0 Å². The Hall–Kier alpha value is -3.83. The van der Waals surface area contributed by atoms with Gasteiger partial charge in [0.15, 0.2) is 0 Å². The van der Waals surface area contributed by atoms with Crippen LogP contribution in [0.4, 0.5) is 5.69 Å². The number of rotatable bonds is 3. The molecule has 3 rings (SSSR count). The first kappa shape index (κ1) is 18.0. The van der Waals surface area contributed by atoms with Gasteiger partial charge in [-0.3, -0.25) is 14.4 Å². The monoisotopic (exact) mass is 360 g/mol. The molecule has 0 atom stereocenters. The summed E-state index contributed by atoms with van der Waals surface area (Å²) in [4.78, 5) is 39.5. The highest BCUT2D eigenvalue weighted by atomic mass is 16.2. The molecule has 2 aromatic carbocycles. The van der Waals surface area contributed by atoms with Gasteiger partial charge in [0.2, 0.25) is 0 Å². The summed E-state index contributed by atoms with van der Waals surface area (Å²) in [6, 6.07) is 14.3. The van der Waals surface area contributed by atoms with Gasteiger partial charge < -0.3 is 5.32 Å². The molecule has 134 valence electrons. The van der Waals surface area contributed by atoms with Gasteiger partial charge in [-0.2, -0.15) is 0 Å². The Morgan fingerprint density at radius 1 is 1.07 bits per heavy atom. The minimum Gasteiger partial charge on any atom is -0.318 e. The number of fused-ring (bicyclic) bond motifs is 1. The zero-order valence-electron chi connectivity index (χ0n) is 14.5. The van der Waals surface area contributed by atoms with Gasteiger partial charge in [-0.05, 0) is 36.3 Å². The molecule has 2 aromatic rings.